The molecule has 0 atom stereocenters. The number of nitrogens with two attached hydrogens (primary N) is 1. The summed E-state index contributed by atoms with van der Waals surface area (Å²) in [5.74, 6) is 0.584. The van der Waals surface area contributed by atoms with Gasteiger partial charge in [-0.3, -0.25) is 4.79 Å². The molecule has 4 nitrogen and oxygen atoms in total. The highest BCUT2D eigenvalue weighted by molar-refractivity contribution is 5.95. The summed E-state index contributed by atoms with van der Waals surface area (Å²) in [6.45, 7) is 6.62. The second-order valence-electron chi connectivity index (χ2n) is 4.18. The number of methoxy groups -OCH3 is 1. The number of hydrogen-bond donors (Lipinski definition) is 1. The lowest BCUT2D eigenvalue weighted by Crippen LogP contribution is -2.36. The molecule has 1 amide bonds. The number of nitrogens with zero attached hydrogens (tertiary/aromatic N) is 1. The summed E-state index contributed by atoms with van der Waals surface area (Å²) in [6, 6.07) is 5.25. The first-order valence-corrected chi connectivity index (χ1v) is 5.75. The Labute approximate surface area is 102 Å². The van der Waals surface area contributed by atoms with Gasteiger partial charge in [-0.05, 0) is 32.9 Å². The van der Waals surface area contributed by atoms with E-state index >= 15 is 0 Å². The van der Waals surface area contributed by atoms with E-state index in [1.165, 1.54) is 0 Å². The molecule has 1 rings (SSSR count). The lowest BCUT2D eigenvalue weighted by molar-refractivity contribution is 0.0716. The summed E-state index contributed by atoms with van der Waals surface area (Å²) in [5, 5.41) is 0. The molecule has 94 valence electrons. The molecule has 1 aromatic rings. The molecule has 0 saturated heterocycles. The van der Waals surface area contributed by atoms with Crippen molar-refractivity contribution < 1.29 is 9.53 Å². The van der Waals surface area contributed by atoms with E-state index in [9.17, 15) is 4.79 Å². The Morgan fingerprint density at radius 1 is 1.41 bits per heavy atom. The van der Waals surface area contributed by atoms with Crippen molar-refractivity contribution in [2.45, 2.75) is 26.8 Å². The van der Waals surface area contributed by atoms with E-state index in [1.54, 1.807) is 30.2 Å². The molecule has 0 aliphatic carbocycles. The zero-order chi connectivity index (χ0) is 13.0. The van der Waals surface area contributed by atoms with Crippen molar-refractivity contribution in [3.05, 3.63) is 23.8 Å². The average molecular weight is 236 g/mol. The van der Waals surface area contributed by atoms with Crippen LogP contribution in [0.1, 0.15) is 31.1 Å². The second kappa shape index (κ2) is 5.57. The molecule has 0 bridgehead atoms. The Bertz CT molecular complexity index is 402. The zero-order valence-corrected chi connectivity index (χ0v) is 10.9. The van der Waals surface area contributed by atoms with Gasteiger partial charge in [0.05, 0.1) is 7.11 Å². The lowest BCUT2D eigenvalue weighted by Gasteiger charge is -2.25. The quantitative estimate of drug-likeness (QED) is 0.815. The van der Waals surface area contributed by atoms with Gasteiger partial charge in [-0.15, -0.1) is 0 Å². The van der Waals surface area contributed by atoms with Gasteiger partial charge >= 0.3 is 0 Å². The first kappa shape index (κ1) is 13.4. The number of nitrogen functional groups attached to an aromatic ring is 1. The summed E-state index contributed by atoms with van der Waals surface area (Å²) in [7, 11) is 1.56. The van der Waals surface area contributed by atoms with Gasteiger partial charge < -0.3 is 15.4 Å². The van der Waals surface area contributed by atoms with Crippen molar-refractivity contribution >= 4 is 11.6 Å². The first-order chi connectivity index (χ1) is 7.99. The molecule has 4 heteroatoms. The van der Waals surface area contributed by atoms with Crippen LogP contribution in [0.5, 0.6) is 5.75 Å². The number of anilines is 1. The molecule has 0 aliphatic rings. The van der Waals surface area contributed by atoms with Crippen LogP contribution in [-0.2, 0) is 0 Å². The van der Waals surface area contributed by atoms with Crippen LogP contribution in [0.15, 0.2) is 18.2 Å². The smallest absolute Gasteiger partial charge is 0.254 e. The van der Waals surface area contributed by atoms with E-state index in [1.807, 2.05) is 20.8 Å². The predicted molar refractivity (Wildman–Crippen MR) is 69.3 cm³/mol. The molecular formula is C13H20N2O2. The maximum Gasteiger partial charge on any atom is 0.254 e. The van der Waals surface area contributed by atoms with Crippen LogP contribution in [0.4, 0.5) is 5.69 Å². The monoisotopic (exact) mass is 236 g/mol. The van der Waals surface area contributed by atoms with E-state index in [4.69, 9.17) is 10.5 Å². The summed E-state index contributed by atoms with van der Waals surface area (Å²) in [4.78, 5) is 14.0. The molecular weight excluding hydrogens is 216 g/mol. The largest absolute Gasteiger partial charge is 0.497 e. The zero-order valence-electron chi connectivity index (χ0n) is 10.9. The predicted octanol–water partition coefficient (Wildman–Crippen LogP) is 2.15. The second-order valence-corrected chi connectivity index (χ2v) is 4.18. The number of carbonyl (C=O) groups is 1. The van der Waals surface area contributed by atoms with Gasteiger partial charge in [0.15, 0.2) is 0 Å². The molecule has 0 unspecified atom stereocenters. The van der Waals surface area contributed by atoms with E-state index < -0.39 is 0 Å². The van der Waals surface area contributed by atoms with Crippen molar-refractivity contribution in [2.24, 2.45) is 0 Å². The third kappa shape index (κ3) is 3.12. The van der Waals surface area contributed by atoms with Crippen LogP contribution < -0.4 is 10.5 Å². The Kier molecular flexibility index (Phi) is 4.37. The van der Waals surface area contributed by atoms with Crippen LogP contribution in [0.3, 0.4) is 0 Å². The molecule has 0 aromatic heterocycles. The fourth-order valence-corrected chi connectivity index (χ4v) is 1.77. The standard InChI is InChI=1S/C13H20N2O2/c1-5-15(9(2)3)13(16)10-6-11(14)8-12(7-10)17-4/h6-9H,5,14H2,1-4H3. The SMILES string of the molecule is CCN(C(=O)c1cc(N)cc(OC)c1)C(C)C. The van der Waals surface area contributed by atoms with E-state index in [-0.39, 0.29) is 11.9 Å². The average Bonchev–Trinajstić information content (AvgIpc) is 2.28. The summed E-state index contributed by atoms with van der Waals surface area (Å²) >= 11 is 0. The first-order valence-electron chi connectivity index (χ1n) is 5.75. The Morgan fingerprint density at radius 2 is 2.06 bits per heavy atom. The van der Waals surface area contributed by atoms with Crippen molar-refractivity contribution in [2.75, 3.05) is 19.4 Å². The summed E-state index contributed by atoms with van der Waals surface area (Å²) in [5.41, 5.74) is 6.84. The summed E-state index contributed by atoms with van der Waals surface area (Å²) < 4.78 is 5.11. The number of amides is 1. The highest BCUT2D eigenvalue weighted by Crippen LogP contribution is 2.20. The van der Waals surface area contributed by atoms with Crippen LogP contribution in [0.2, 0.25) is 0 Å². The van der Waals surface area contributed by atoms with Crippen LogP contribution in [0, 0.1) is 0 Å². The highest BCUT2D eigenvalue weighted by atomic mass is 16.5. The van der Waals surface area contributed by atoms with E-state index in [0.29, 0.717) is 23.5 Å². The van der Waals surface area contributed by atoms with Gasteiger partial charge in [0.2, 0.25) is 0 Å². The number of carbonyl (C=O) groups excluding carboxylic acids is 1. The van der Waals surface area contributed by atoms with Gasteiger partial charge in [-0.2, -0.15) is 0 Å². The van der Waals surface area contributed by atoms with Crippen LogP contribution in [-0.4, -0.2) is 30.5 Å². The molecule has 0 spiro atoms. The fraction of sp³-hybridized carbons (Fsp3) is 0.462. The minimum absolute atomic E-state index is 0.0203. The van der Waals surface area contributed by atoms with Crippen LogP contribution >= 0.6 is 0 Å². The number of ether oxygens (including phenoxy) is 1. The Hall–Kier alpha value is -1.71. The van der Waals surface area contributed by atoms with Crippen molar-refractivity contribution in [1.29, 1.82) is 0 Å². The van der Waals surface area contributed by atoms with Gasteiger partial charge in [0.1, 0.15) is 5.75 Å². The third-order valence-electron chi connectivity index (χ3n) is 2.64. The molecule has 2 N–H and O–H groups in total. The Morgan fingerprint density at radius 3 is 2.53 bits per heavy atom. The molecule has 0 heterocycles. The molecule has 0 fully saturated rings. The van der Waals surface area contributed by atoms with Crippen molar-refractivity contribution in [3.63, 3.8) is 0 Å². The molecule has 17 heavy (non-hydrogen) atoms. The number of benzene rings is 1. The van der Waals surface area contributed by atoms with E-state index in [0.717, 1.165) is 0 Å². The normalized spacial score (nSPS) is 10.4. The minimum Gasteiger partial charge on any atom is -0.497 e. The summed E-state index contributed by atoms with van der Waals surface area (Å²) in [6.07, 6.45) is 0. The van der Waals surface area contributed by atoms with Crippen molar-refractivity contribution in [3.8, 4) is 5.75 Å². The highest BCUT2D eigenvalue weighted by Gasteiger charge is 2.17. The van der Waals surface area contributed by atoms with Crippen LogP contribution in [0.25, 0.3) is 0 Å². The van der Waals surface area contributed by atoms with E-state index in [2.05, 4.69) is 0 Å². The van der Waals surface area contributed by atoms with Crippen molar-refractivity contribution in [1.82, 2.24) is 4.90 Å². The van der Waals surface area contributed by atoms with Gasteiger partial charge in [-0.1, -0.05) is 0 Å². The molecule has 0 saturated carbocycles. The maximum absolute atomic E-state index is 12.3. The Balaban J connectivity index is 3.06. The maximum atomic E-state index is 12.3. The number of hydrogen-bond acceptors (Lipinski definition) is 3. The van der Waals surface area contributed by atoms with Gasteiger partial charge in [0.25, 0.3) is 5.91 Å². The van der Waals surface area contributed by atoms with Gasteiger partial charge in [0, 0.05) is 29.9 Å². The minimum atomic E-state index is -0.0203. The number of rotatable bonds is 4. The molecule has 0 aliphatic heterocycles. The van der Waals surface area contributed by atoms with Gasteiger partial charge in [-0.25, -0.2) is 0 Å². The fourth-order valence-electron chi connectivity index (χ4n) is 1.77. The molecule has 0 radical (unpaired) electrons. The lowest BCUT2D eigenvalue weighted by atomic mass is 10.1. The topological polar surface area (TPSA) is 55.6 Å². The molecule has 1 aromatic carbocycles. The third-order valence-corrected chi connectivity index (χ3v) is 2.64.